The van der Waals surface area contributed by atoms with Gasteiger partial charge in [-0.05, 0) is 35.4 Å². The number of rotatable bonds is 2. The zero-order valence-corrected chi connectivity index (χ0v) is 14.2. The molecule has 1 atom stereocenters. The molecule has 116 valence electrons. The summed E-state index contributed by atoms with van der Waals surface area (Å²) < 4.78 is 0.977. The lowest BCUT2D eigenvalue weighted by Gasteiger charge is -2.26. The maximum atomic E-state index is 13.2. The summed E-state index contributed by atoms with van der Waals surface area (Å²) in [5.41, 5.74) is 9.16. The molecule has 1 aliphatic rings. The quantitative estimate of drug-likeness (QED) is 0.728. The van der Waals surface area contributed by atoms with E-state index in [1.165, 1.54) is 0 Å². The van der Waals surface area contributed by atoms with Crippen LogP contribution in [0.15, 0.2) is 53.1 Å². The lowest BCUT2D eigenvalue weighted by molar-refractivity contribution is -0.121. The number of fused-ring (bicyclic) bond motifs is 2. The molecule has 0 fully saturated rings. The van der Waals surface area contributed by atoms with Gasteiger partial charge in [0, 0.05) is 40.9 Å². The molecule has 0 radical (unpaired) electrons. The van der Waals surface area contributed by atoms with Crippen molar-refractivity contribution < 1.29 is 4.79 Å². The highest BCUT2D eigenvalue weighted by Gasteiger charge is 2.51. The number of aromatic amines is 1. The third kappa shape index (κ3) is 1.77. The summed E-state index contributed by atoms with van der Waals surface area (Å²) in [6.45, 7) is 0.229. The Morgan fingerprint density at radius 2 is 2.00 bits per heavy atom. The van der Waals surface area contributed by atoms with Gasteiger partial charge in [0.05, 0.1) is 0 Å². The Hall–Kier alpha value is -2.11. The molecule has 5 heteroatoms. The molecule has 0 bridgehead atoms. The van der Waals surface area contributed by atoms with E-state index >= 15 is 0 Å². The van der Waals surface area contributed by atoms with Crippen molar-refractivity contribution in [2.24, 2.45) is 5.73 Å². The molecule has 1 aromatic heterocycles. The summed E-state index contributed by atoms with van der Waals surface area (Å²) in [6, 6.07) is 13.9. The number of hydrogen-bond donors (Lipinski definition) is 2. The summed E-state index contributed by atoms with van der Waals surface area (Å²) in [4.78, 5) is 18.1. The Morgan fingerprint density at radius 3 is 2.78 bits per heavy atom. The van der Waals surface area contributed by atoms with Gasteiger partial charge in [-0.25, -0.2) is 0 Å². The Kier molecular flexibility index (Phi) is 3.11. The standard InChI is InChI=1S/C18H16BrN3O/c1-22-16-5-3-2-4-13(16)18(10-20,17(22)23)14-9-21-15-7-6-11(19)8-12(14)15/h2-9,21H,10,20H2,1H3/t18-/m1/s1. The van der Waals surface area contributed by atoms with Crippen molar-refractivity contribution in [3.63, 3.8) is 0 Å². The van der Waals surface area contributed by atoms with Crippen LogP contribution >= 0.6 is 15.9 Å². The van der Waals surface area contributed by atoms with Crippen LogP contribution in [0.1, 0.15) is 11.1 Å². The Bertz CT molecular complexity index is 933. The maximum absolute atomic E-state index is 13.2. The summed E-state index contributed by atoms with van der Waals surface area (Å²) in [7, 11) is 1.81. The van der Waals surface area contributed by atoms with Crippen LogP contribution in [-0.4, -0.2) is 24.5 Å². The molecule has 0 saturated heterocycles. The molecule has 4 rings (SSSR count). The molecule has 0 aliphatic carbocycles. The largest absolute Gasteiger partial charge is 0.361 e. The number of nitrogens with one attached hydrogen (secondary N) is 1. The average molecular weight is 370 g/mol. The van der Waals surface area contributed by atoms with E-state index in [2.05, 4.69) is 20.9 Å². The van der Waals surface area contributed by atoms with Crippen LogP contribution in [-0.2, 0) is 10.2 Å². The second kappa shape index (κ2) is 4.94. The van der Waals surface area contributed by atoms with Crippen LogP contribution in [0.3, 0.4) is 0 Å². The predicted molar refractivity (Wildman–Crippen MR) is 95.7 cm³/mol. The van der Waals surface area contributed by atoms with Gasteiger partial charge in [-0.15, -0.1) is 0 Å². The third-order valence-electron chi connectivity index (χ3n) is 4.80. The van der Waals surface area contributed by atoms with E-state index in [1.807, 2.05) is 55.7 Å². The van der Waals surface area contributed by atoms with Gasteiger partial charge in [0.2, 0.25) is 5.91 Å². The molecule has 23 heavy (non-hydrogen) atoms. The van der Waals surface area contributed by atoms with E-state index in [4.69, 9.17) is 5.73 Å². The predicted octanol–water partition coefficient (Wildman–Crippen LogP) is 3.15. The minimum absolute atomic E-state index is 0.0158. The number of hydrogen-bond acceptors (Lipinski definition) is 2. The highest BCUT2D eigenvalue weighted by Crippen LogP contribution is 2.47. The average Bonchev–Trinajstić information content (AvgIpc) is 3.07. The number of carbonyl (C=O) groups is 1. The van der Waals surface area contributed by atoms with Gasteiger partial charge in [-0.1, -0.05) is 34.1 Å². The first-order valence-electron chi connectivity index (χ1n) is 7.44. The van der Waals surface area contributed by atoms with Gasteiger partial charge in [-0.3, -0.25) is 4.79 Å². The van der Waals surface area contributed by atoms with Gasteiger partial charge < -0.3 is 15.6 Å². The third-order valence-corrected chi connectivity index (χ3v) is 5.30. The van der Waals surface area contributed by atoms with Crippen molar-refractivity contribution >= 4 is 38.4 Å². The van der Waals surface area contributed by atoms with Crippen LogP contribution in [0.5, 0.6) is 0 Å². The number of nitrogens with two attached hydrogens (primary N) is 1. The van der Waals surface area contributed by atoms with Crippen molar-refractivity contribution in [1.82, 2.24) is 4.98 Å². The lowest BCUT2D eigenvalue weighted by Crippen LogP contribution is -2.45. The van der Waals surface area contributed by atoms with Crippen LogP contribution in [0, 0.1) is 0 Å². The molecule has 2 aromatic carbocycles. The van der Waals surface area contributed by atoms with E-state index in [0.717, 1.165) is 32.2 Å². The van der Waals surface area contributed by atoms with Crippen molar-refractivity contribution in [3.05, 3.63) is 64.3 Å². The fourth-order valence-electron chi connectivity index (χ4n) is 3.65. The normalized spacial score (nSPS) is 20.3. The molecular formula is C18H16BrN3O. The second-order valence-corrected chi connectivity index (χ2v) is 6.80. The molecule has 2 heterocycles. The molecule has 1 amide bonds. The summed E-state index contributed by atoms with van der Waals surface area (Å²) in [5.74, 6) is 0.0158. The maximum Gasteiger partial charge on any atom is 0.243 e. The summed E-state index contributed by atoms with van der Waals surface area (Å²) in [5, 5.41) is 1.02. The monoisotopic (exact) mass is 369 g/mol. The topological polar surface area (TPSA) is 62.1 Å². The van der Waals surface area contributed by atoms with Crippen LogP contribution in [0.25, 0.3) is 10.9 Å². The molecule has 3 N–H and O–H groups in total. The van der Waals surface area contributed by atoms with Gasteiger partial charge in [-0.2, -0.15) is 0 Å². The number of nitrogens with zero attached hydrogens (tertiary/aromatic N) is 1. The number of halogens is 1. The molecule has 1 aliphatic heterocycles. The zero-order chi connectivity index (χ0) is 16.2. The van der Waals surface area contributed by atoms with Crippen molar-refractivity contribution in [2.75, 3.05) is 18.5 Å². The van der Waals surface area contributed by atoms with Crippen molar-refractivity contribution in [3.8, 4) is 0 Å². The van der Waals surface area contributed by atoms with E-state index in [-0.39, 0.29) is 12.5 Å². The molecule has 0 unspecified atom stereocenters. The number of benzene rings is 2. The smallest absolute Gasteiger partial charge is 0.243 e. The van der Waals surface area contributed by atoms with Crippen LogP contribution < -0.4 is 10.6 Å². The van der Waals surface area contributed by atoms with Gasteiger partial charge in [0.1, 0.15) is 5.41 Å². The van der Waals surface area contributed by atoms with E-state index in [0.29, 0.717) is 0 Å². The highest BCUT2D eigenvalue weighted by molar-refractivity contribution is 9.10. The molecule has 0 saturated carbocycles. The summed E-state index contributed by atoms with van der Waals surface area (Å²) in [6.07, 6.45) is 1.91. The first-order chi connectivity index (χ1) is 11.1. The number of para-hydroxylation sites is 1. The Morgan fingerprint density at radius 1 is 1.22 bits per heavy atom. The molecule has 4 nitrogen and oxygen atoms in total. The Labute approximate surface area is 142 Å². The van der Waals surface area contributed by atoms with Gasteiger partial charge >= 0.3 is 0 Å². The number of likely N-dealkylation sites (N-methyl/N-ethyl adjacent to an activating group) is 1. The van der Waals surface area contributed by atoms with Crippen molar-refractivity contribution in [2.45, 2.75) is 5.41 Å². The molecule has 3 aromatic rings. The SMILES string of the molecule is CN1C(=O)[C@@](CN)(c2c[nH]c3ccc(Br)cc23)c2ccccc21. The minimum atomic E-state index is -0.843. The number of amides is 1. The van der Waals surface area contributed by atoms with Crippen molar-refractivity contribution in [1.29, 1.82) is 0 Å². The summed E-state index contributed by atoms with van der Waals surface area (Å²) >= 11 is 3.52. The van der Waals surface area contributed by atoms with Gasteiger partial charge in [0.25, 0.3) is 0 Å². The number of H-pyrrole nitrogens is 1. The zero-order valence-electron chi connectivity index (χ0n) is 12.6. The second-order valence-electron chi connectivity index (χ2n) is 5.88. The molecule has 0 spiro atoms. The Balaban J connectivity index is 2.08. The first-order valence-corrected chi connectivity index (χ1v) is 8.24. The van der Waals surface area contributed by atoms with E-state index in [9.17, 15) is 4.79 Å². The van der Waals surface area contributed by atoms with E-state index in [1.54, 1.807) is 4.90 Å². The van der Waals surface area contributed by atoms with Crippen LogP contribution in [0.2, 0.25) is 0 Å². The fraction of sp³-hybridized carbons (Fsp3) is 0.167. The van der Waals surface area contributed by atoms with Gasteiger partial charge in [0.15, 0.2) is 0 Å². The lowest BCUT2D eigenvalue weighted by atomic mass is 9.75. The first kappa shape index (κ1) is 14.5. The fourth-order valence-corrected chi connectivity index (χ4v) is 4.01. The minimum Gasteiger partial charge on any atom is -0.361 e. The van der Waals surface area contributed by atoms with E-state index < -0.39 is 5.41 Å². The molecular weight excluding hydrogens is 354 g/mol. The number of carbonyl (C=O) groups excluding carboxylic acids is 1. The van der Waals surface area contributed by atoms with Crippen LogP contribution in [0.4, 0.5) is 5.69 Å². The highest BCUT2D eigenvalue weighted by atomic mass is 79.9. The number of aromatic nitrogens is 1. The number of anilines is 1.